The summed E-state index contributed by atoms with van der Waals surface area (Å²) >= 11 is 3.34. The number of anilines is 1. The average Bonchev–Trinajstić information content (AvgIpc) is 2.72. The zero-order valence-electron chi connectivity index (χ0n) is 7.47. The number of nitrogen functional groups attached to an aromatic ring is 1. The highest BCUT2D eigenvalue weighted by Crippen LogP contribution is 2.06. The molecule has 0 atom stereocenters. The highest BCUT2D eigenvalue weighted by atomic mass is 79.9. The van der Waals surface area contributed by atoms with Crippen molar-refractivity contribution in [2.75, 3.05) is 5.73 Å². The maximum atomic E-state index is 5.62. The van der Waals surface area contributed by atoms with Gasteiger partial charge in [0, 0.05) is 25.1 Å². The minimum atomic E-state index is 0.538. The van der Waals surface area contributed by atoms with Crippen molar-refractivity contribution in [1.29, 1.82) is 0 Å². The first-order valence-electron chi connectivity index (χ1n) is 4.20. The number of nitrogens with two attached hydrogens (primary N) is 1. The fourth-order valence-corrected chi connectivity index (χ4v) is 1.53. The number of aryl methyl sites for hydroxylation is 2. The quantitative estimate of drug-likeness (QED) is 0.895. The van der Waals surface area contributed by atoms with Crippen LogP contribution in [0.25, 0.3) is 0 Å². The van der Waals surface area contributed by atoms with E-state index < -0.39 is 0 Å². The van der Waals surface area contributed by atoms with Gasteiger partial charge in [-0.2, -0.15) is 5.10 Å². The Morgan fingerprint density at radius 2 is 2.29 bits per heavy atom. The molecule has 0 saturated carbocycles. The molecule has 0 radical (unpaired) electrons. The van der Waals surface area contributed by atoms with Crippen molar-refractivity contribution in [1.82, 2.24) is 19.3 Å². The number of nitrogens with zero attached hydrogens (tertiary/aromatic N) is 4. The molecule has 2 heterocycles. The zero-order chi connectivity index (χ0) is 9.97. The lowest BCUT2D eigenvalue weighted by atomic mass is 10.6. The first kappa shape index (κ1) is 9.26. The van der Waals surface area contributed by atoms with Crippen LogP contribution in [0.5, 0.6) is 0 Å². The molecular formula is C8H10BrN5. The van der Waals surface area contributed by atoms with E-state index in [0.717, 1.165) is 17.6 Å². The van der Waals surface area contributed by atoms with Gasteiger partial charge in [-0.1, -0.05) is 0 Å². The van der Waals surface area contributed by atoms with Crippen LogP contribution in [0.2, 0.25) is 0 Å². The second-order valence-electron chi connectivity index (χ2n) is 2.90. The first-order chi connectivity index (χ1) is 6.75. The summed E-state index contributed by atoms with van der Waals surface area (Å²) in [5.41, 5.74) is 5.62. The Bertz CT molecular complexity index is 419. The van der Waals surface area contributed by atoms with Gasteiger partial charge in [0.15, 0.2) is 5.95 Å². The fraction of sp³-hybridized carbons (Fsp3) is 0.250. The van der Waals surface area contributed by atoms with Crippen LogP contribution in [0.1, 0.15) is 0 Å². The number of hydrogen-bond acceptors (Lipinski definition) is 3. The van der Waals surface area contributed by atoms with Crippen molar-refractivity contribution in [2.24, 2.45) is 0 Å². The molecule has 6 heteroatoms. The van der Waals surface area contributed by atoms with Crippen LogP contribution in [0, 0.1) is 0 Å². The largest absolute Gasteiger partial charge is 0.369 e. The number of halogens is 1. The van der Waals surface area contributed by atoms with Gasteiger partial charge in [-0.15, -0.1) is 0 Å². The van der Waals surface area contributed by atoms with Crippen molar-refractivity contribution in [3.63, 3.8) is 0 Å². The molecule has 0 unspecified atom stereocenters. The summed E-state index contributed by atoms with van der Waals surface area (Å²) in [5.74, 6) is 0.538. The van der Waals surface area contributed by atoms with Gasteiger partial charge < -0.3 is 10.3 Å². The minimum absolute atomic E-state index is 0.538. The van der Waals surface area contributed by atoms with Crippen molar-refractivity contribution < 1.29 is 0 Å². The Morgan fingerprint density at radius 3 is 2.86 bits per heavy atom. The standard InChI is InChI=1S/C8H10BrN5/c9-7-5-12-14(6-7)4-3-13-2-1-11-8(13)10/h1-2,5-6H,3-4H2,(H2,10,11). The van der Waals surface area contributed by atoms with Gasteiger partial charge in [-0.05, 0) is 15.9 Å². The van der Waals surface area contributed by atoms with Crippen LogP contribution >= 0.6 is 15.9 Å². The Balaban J connectivity index is 1.98. The van der Waals surface area contributed by atoms with E-state index in [1.807, 2.05) is 21.6 Å². The maximum Gasteiger partial charge on any atom is 0.200 e. The van der Waals surface area contributed by atoms with E-state index in [4.69, 9.17) is 5.73 Å². The molecule has 0 bridgehead atoms. The molecular weight excluding hydrogens is 246 g/mol. The Kier molecular flexibility index (Phi) is 2.53. The summed E-state index contributed by atoms with van der Waals surface area (Å²) in [7, 11) is 0. The molecule has 2 rings (SSSR count). The third-order valence-electron chi connectivity index (χ3n) is 1.92. The van der Waals surface area contributed by atoms with E-state index in [1.165, 1.54) is 0 Å². The number of rotatable bonds is 3. The predicted octanol–water partition coefficient (Wildman–Crippen LogP) is 1.12. The summed E-state index contributed by atoms with van der Waals surface area (Å²) in [6.45, 7) is 1.56. The minimum Gasteiger partial charge on any atom is -0.369 e. The Labute approximate surface area is 89.7 Å². The maximum absolute atomic E-state index is 5.62. The molecule has 5 nitrogen and oxygen atoms in total. The second-order valence-corrected chi connectivity index (χ2v) is 3.82. The van der Waals surface area contributed by atoms with Gasteiger partial charge in [0.25, 0.3) is 0 Å². The second kappa shape index (κ2) is 3.83. The smallest absolute Gasteiger partial charge is 0.200 e. The molecule has 2 N–H and O–H groups in total. The molecule has 0 amide bonds. The van der Waals surface area contributed by atoms with Crippen molar-refractivity contribution in [3.8, 4) is 0 Å². The van der Waals surface area contributed by atoms with Crippen LogP contribution in [0.3, 0.4) is 0 Å². The first-order valence-corrected chi connectivity index (χ1v) is 4.99. The number of aromatic nitrogens is 4. The number of hydrogen-bond donors (Lipinski definition) is 1. The normalized spacial score (nSPS) is 10.6. The SMILES string of the molecule is Nc1nccn1CCn1cc(Br)cn1. The Hall–Kier alpha value is -1.30. The van der Waals surface area contributed by atoms with Crippen LogP contribution < -0.4 is 5.73 Å². The highest BCUT2D eigenvalue weighted by Gasteiger charge is 1.98. The van der Waals surface area contributed by atoms with E-state index in [-0.39, 0.29) is 0 Å². The molecule has 14 heavy (non-hydrogen) atoms. The molecule has 74 valence electrons. The van der Waals surface area contributed by atoms with E-state index >= 15 is 0 Å². The van der Waals surface area contributed by atoms with Crippen LogP contribution in [-0.4, -0.2) is 19.3 Å². The molecule has 0 saturated heterocycles. The number of imidazole rings is 1. The molecule has 0 aromatic carbocycles. The fourth-order valence-electron chi connectivity index (χ4n) is 1.20. The summed E-state index contributed by atoms with van der Waals surface area (Å²) in [6.07, 6.45) is 7.23. The zero-order valence-corrected chi connectivity index (χ0v) is 9.05. The van der Waals surface area contributed by atoms with Gasteiger partial charge in [0.05, 0.1) is 17.2 Å². The van der Waals surface area contributed by atoms with Gasteiger partial charge in [0.2, 0.25) is 0 Å². The molecule has 2 aromatic heterocycles. The molecule has 0 aliphatic heterocycles. The average molecular weight is 256 g/mol. The van der Waals surface area contributed by atoms with Gasteiger partial charge in [0.1, 0.15) is 0 Å². The predicted molar refractivity (Wildman–Crippen MR) is 56.6 cm³/mol. The molecule has 0 aliphatic rings. The lowest BCUT2D eigenvalue weighted by Crippen LogP contribution is -2.09. The molecule has 0 fully saturated rings. The van der Waals surface area contributed by atoms with E-state index in [9.17, 15) is 0 Å². The summed E-state index contributed by atoms with van der Waals surface area (Å²) in [5, 5.41) is 4.14. The molecule has 2 aromatic rings. The topological polar surface area (TPSA) is 61.7 Å². The van der Waals surface area contributed by atoms with Crippen molar-refractivity contribution >= 4 is 21.9 Å². The van der Waals surface area contributed by atoms with Gasteiger partial charge in [-0.3, -0.25) is 4.68 Å². The van der Waals surface area contributed by atoms with E-state index in [1.54, 1.807) is 12.4 Å². The van der Waals surface area contributed by atoms with Crippen LogP contribution in [0.15, 0.2) is 29.3 Å². The van der Waals surface area contributed by atoms with Crippen LogP contribution in [-0.2, 0) is 13.1 Å². The van der Waals surface area contributed by atoms with Gasteiger partial charge in [-0.25, -0.2) is 4.98 Å². The Morgan fingerprint density at radius 1 is 1.43 bits per heavy atom. The van der Waals surface area contributed by atoms with Crippen molar-refractivity contribution in [3.05, 3.63) is 29.3 Å². The lowest BCUT2D eigenvalue weighted by molar-refractivity contribution is 0.537. The monoisotopic (exact) mass is 255 g/mol. The third-order valence-corrected chi connectivity index (χ3v) is 2.33. The van der Waals surface area contributed by atoms with E-state index in [2.05, 4.69) is 26.0 Å². The van der Waals surface area contributed by atoms with Crippen molar-refractivity contribution in [2.45, 2.75) is 13.1 Å². The molecule has 0 aliphatic carbocycles. The summed E-state index contributed by atoms with van der Waals surface area (Å²) in [6, 6.07) is 0. The highest BCUT2D eigenvalue weighted by molar-refractivity contribution is 9.10. The molecule has 0 spiro atoms. The van der Waals surface area contributed by atoms with Crippen LogP contribution in [0.4, 0.5) is 5.95 Å². The summed E-state index contributed by atoms with van der Waals surface area (Å²) < 4.78 is 4.72. The van der Waals surface area contributed by atoms with E-state index in [0.29, 0.717) is 5.95 Å². The summed E-state index contributed by atoms with van der Waals surface area (Å²) in [4.78, 5) is 3.94. The van der Waals surface area contributed by atoms with Gasteiger partial charge >= 0.3 is 0 Å². The third kappa shape index (κ3) is 1.95. The lowest BCUT2D eigenvalue weighted by Gasteiger charge is -2.03.